The van der Waals surface area contributed by atoms with Crippen LogP contribution in [0.3, 0.4) is 0 Å². The van der Waals surface area contributed by atoms with E-state index in [4.69, 9.17) is 5.11 Å². The van der Waals surface area contributed by atoms with Crippen LogP contribution in [0.4, 0.5) is 0 Å². The molecule has 16 heavy (non-hydrogen) atoms. The summed E-state index contributed by atoms with van der Waals surface area (Å²) in [6, 6.07) is 5.66. The Labute approximate surface area is 96.3 Å². The first-order valence-corrected chi connectivity index (χ1v) is 5.70. The van der Waals surface area contributed by atoms with Crippen LogP contribution in [0.5, 0.6) is 0 Å². The van der Waals surface area contributed by atoms with Gasteiger partial charge in [-0.1, -0.05) is 19.4 Å². The Morgan fingerprint density at radius 1 is 1.44 bits per heavy atom. The highest BCUT2D eigenvalue weighted by molar-refractivity contribution is 5.03. The first-order valence-electron chi connectivity index (χ1n) is 5.70. The molecule has 1 rings (SSSR count). The third-order valence-corrected chi connectivity index (χ3v) is 2.52. The van der Waals surface area contributed by atoms with Crippen LogP contribution in [-0.2, 0) is 6.54 Å². The lowest BCUT2D eigenvalue weighted by atomic mass is 10.1. The summed E-state index contributed by atoms with van der Waals surface area (Å²) in [7, 11) is 0. The lowest BCUT2D eigenvalue weighted by Gasteiger charge is -2.22. The van der Waals surface area contributed by atoms with Crippen LogP contribution in [0, 0.1) is 0 Å². The Bertz CT molecular complexity index is 280. The number of nitrogens with one attached hydrogen (secondary N) is 1. The molecule has 4 heteroatoms. The molecule has 0 aliphatic carbocycles. The molecule has 0 spiro atoms. The lowest BCUT2D eigenvalue weighted by Crippen LogP contribution is -2.41. The van der Waals surface area contributed by atoms with Gasteiger partial charge in [-0.15, -0.1) is 0 Å². The van der Waals surface area contributed by atoms with Crippen LogP contribution in [0.15, 0.2) is 24.4 Å². The van der Waals surface area contributed by atoms with Gasteiger partial charge < -0.3 is 15.5 Å². The maximum absolute atomic E-state index is 9.59. The van der Waals surface area contributed by atoms with Crippen molar-refractivity contribution in [3.05, 3.63) is 30.1 Å². The van der Waals surface area contributed by atoms with Gasteiger partial charge in [0.15, 0.2) is 0 Å². The number of rotatable bonds is 7. The fraction of sp³-hybridized carbons (Fsp3) is 0.583. The second kappa shape index (κ2) is 7.33. The number of hydrogen-bond acceptors (Lipinski definition) is 4. The predicted octanol–water partition coefficient (Wildman–Crippen LogP) is 0.693. The van der Waals surface area contributed by atoms with Gasteiger partial charge in [0, 0.05) is 18.8 Å². The fourth-order valence-corrected chi connectivity index (χ4v) is 1.61. The second-order valence-electron chi connectivity index (χ2n) is 3.85. The number of aromatic nitrogens is 1. The van der Waals surface area contributed by atoms with Crippen molar-refractivity contribution in [2.45, 2.75) is 38.5 Å². The van der Waals surface area contributed by atoms with Gasteiger partial charge in [0.1, 0.15) is 0 Å². The highest BCUT2D eigenvalue weighted by atomic mass is 16.3. The summed E-state index contributed by atoms with van der Waals surface area (Å²) in [6.45, 7) is 2.46. The van der Waals surface area contributed by atoms with Crippen LogP contribution in [0.25, 0.3) is 0 Å². The SMILES string of the molecule is CCC[C@@H](NCc1ccccn1)[C@@H](O)CO. The van der Waals surface area contributed by atoms with Crippen LogP contribution < -0.4 is 5.32 Å². The number of aliphatic hydroxyl groups excluding tert-OH is 2. The van der Waals surface area contributed by atoms with Gasteiger partial charge in [-0.2, -0.15) is 0 Å². The number of hydrogen-bond donors (Lipinski definition) is 3. The van der Waals surface area contributed by atoms with E-state index >= 15 is 0 Å². The average molecular weight is 224 g/mol. The molecule has 0 unspecified atom stereocenters. The summed E-state index contributed by atoms with van der Waals surface area (Å²) < 4.78 is 0. The van der Waals surface area contributed by atoms with Gasteiger partial charge in [0.25, 0.3) is 0 Å². The molecule has 0 radical (unpaired) electrons. The zero-order chi connectivity index (χ0) is 11.8. The monoisotopic (exact) mass is 224 g/mol. The molecular weight excluding hydrogens is 204 g/mol. The van der Waals surface area contributed by atoms with Crippen LogP contribution >= 0.6 is 0 Å². The maximum atomic E-state index is 9.59. The summed E-state index contributed by atoms with van der Waals surface area (Å²) >= 11 is 0. The molecule has 0 aliphatic rings. The molecular formula is C12H20N2O2. The first-order chi connectivity index (χ1) is 7.77. The Morgan fingerprint density at radius 2 is 2.25 bits per heavy atom. The Morgan fingerprint density at radius 3 is 2.81 bits per heavy atom. The van der Waals surface area contributed by atoms with Crippen molar-refractivity contribution in [1.82, 2.24) is 10.3 Å². The highest BCUT2D eigenvalue weighted by Gasteiger charge is 2.16. The lowest BCUT2D eigenvalue weighted by molar-refractivity contribution is 0.0591. The maximum Gasteiger partial charge on any atom is 0.0923 e. The molecule has 2 atom stereocenters. The van der Waals surface area contributed by atoms with Crippen molar-refractivity contribution in [2.24, 2.45) is 0 Å². The quantitative estimate of drug-likeness (QED) is 0.637. The van der Waals surface area contributed by atoms with Crippen LogP contribution in [-0.4, -0.2) is 33.9 Å². The molecule has 0 fully saturated rings. The number of pyridine rings is 1. The van der Waals surface area contributed by atoms with E-state index in [0.29, 0.717) is 6.54 Å². The molecule has 0 aliphatic heterocycles. The van der Waals surface area contributed by atoms with Crippen molar-refractivity contribution < 1.29 is 10.2 Å². The van der Waals surface area contributed by atoms with Gasteiger partial charge in [0.05, 0.1) is 18.4 Å². The molecule has 1 aromatic heterocycles. The summed E-state index contributed by atoms with van der Waals surface area (Å²) in [5.74, 6) is 0. The van der Waals surface area contributed by atoms with Crippen LogP contribution in [0.2, 0.25) is 0 Å². The summed E-state index contributed by atoms with van der Waals surface area (Å²) in [5.41, 5.74) is 0.939. The van der Waals surface area contributed by atoms with Crippen LogP contribution in [0.1, 0.15) is 25.5 Å². The number of nitrogens with zero attached hydrogens (tertiary/aromatic N) is 1. The minimum atomic E-state index is -0.705. The molecule has 1 heterocycles. The van der Waals surface area contributed by atoms with Gasteiger partial charge in [-0.3, -0.25) is 4.98 Å². The Hall–Kier alpha value is -0.970. The van der Waals surface area contributed by atoms with Crippen molar-refractivity contribution in [3.63, 3.8) is 0 Å². The zero-order valence-electron chi connectivity index (χ0n) is 9.63. The van der Waals surface area contributed by atoms with E-state index in [2.05, 4.69) is 17.2 Å². The van der Waals surface area contributed by atoms with E-state index < -0.39 is 6.10 Å². The molecule has 0 saturated carbocycles. The zero-order valence-corrected chi connectivity index (χ0v) is 9.63. The standard InChI is InChI=1S/C12H20N2O2/c1-2-5-11(12(16)9-15)14-8-10-6-3-4-7-13-10/h3-4,6-7,11-12,14-16H,2,5,8-9H2,1H3/t11-,12+/m1/s1. The molecule has 0 aromatic carbocycles. The second-order valence-corrected chi connectivity index (χ2v) is 3.85. The summed E-state index contributed by atoms with van der Waals surface area (Å²) in [5, 5.41) is 21.7. The highest BCUT2D eigenvalue weighted by Crippen LogP contribution is 2.04. The third kappa shape index (κ3) is 4.26. The smallest absolute Gasteiger partial charge is 0.0923 e. The van der Waals surface area contributed by atoms with Crippen molar-refractivity contribution in [1.29, 1.82) is 0 Å². The molecule has 3 N–H and O–H groups in total. The summed E-state index contributed by atoms with van der Waals surface area (Å²) in [6.07, 6.45) is 2.85. The van der Waals surface area contributed by atoms with Gasteiger partial charge in [-0.05, 0) is 18.6 Å². The van der Waals surface area contributed by atoms with E-state index in [1.54, 1.807) is 6.20 Å². The minimum Gasteiger partial charge on any atom is -0.394 e. The van der Waals surface area contributed by atoms with E-state index in [9.17, 15) is 5.11 Å². The normalized spacial score (nSPS) is 14.7. The fourth-order valence-electron chi connectivity index (χ4n) is 1.61. The molecule has 0 bridgehead atoms. The Balaban J connectivity index is 2.43. The average Bonchev–Trinajstić information content (AvgIpc) is 2.34. The minimum absolute atomic E-state index is 0.0722. The van der Waals surface area contributed by atoms with Crippen molar-refractivity contribution in [2.75, 3.05) is 6.61 Å². The molecule has 0 saturated heterocycles. The van der Waals surface area contributed by atoms with Gasteiger partial charge in [0.2, 0.25) is 0 Å². The third-order valence-electron chi connectivity index (χ3n) is 2.52. The Kier molecular flexibility index (Phi) is 6.00. The van der Waals surface area contributed by atoms with E-state index in [1.807, 2.05) is 18.2 Å². The largest absolute Gasteiger partial charge is 0.394 e. The van der Waals surface area contributed by atoms with Gasteiger partial charge >= 0.3 is 0 Å². The summed E-state index contributed by atoms with van der Waals surface area (Å²) in [4.78, 5) is 4.19. The molecule has 0 amide bonds. The molecule has 4 nitrogen and oxygen atoms in total. The molecule has 90 valence electrons. The van der Waals surface area contributed by atoms with E-state index in [1.165, 1.54) is 0 Å². The van der Waals surface area contributed by atoms with E-state index in [-0.39, 0.29) is 12.6 Å². The van der Waals surface area contributed by atoms with Crippen molar-refractivity contribution >= 4 is 0 Å². The van der Waals surface area contributed by atoms with Crippen molar-refractivity contribution in [3.8, 4) is 0 Å². The molecule has 1 aromatic rings. The van der Waals surface area contributed by atoms with E-state index in [0.717, 1.165) is 18.5 Å². The predicted molar refractivity (Wildman–Crippen MR) is 62.9 cm³/mol. The number of aliphatic hydroxyl groups is 2. The topological polar surface area (TPSA) is 65.4 Å². The van der Waals surface area contributed by atoms with Gasteiger partial charge in [-0.25, -0.2) is 0 Å². The first kappa shape index (κ1) is 13.1.